The molecule has 3 aliphatic rings. The van der Waals surface area contributed by atoms with Gasteiger partial charge in [-0.2, -0.15) is 0 Å². The number of pyridine rings is 1. The largest absolute Gasteiger partial charge is 0.380 e. The summed E-state index contributed by atoms with van der Waals surface area (Å²) in [7, 11) is 0. The molecule has 108 valence electrons. The van der Waals surface area contributed by atoms with Crippen molar-refractivity contribution in [2.45, 2.75) is 38.1 Å². The van der Waals surface area contributed by atoms with Gasteiger partial charge in [-0.1, -0.05) is 24.6 Å². The smallest absolute Gasteiger partial charge is 0.0933 e. The molecule has 5 atom stereocenters. The summed E-state index contributed by atoms with van der Waals surface area (Å²) < 4.78 is 0. The molecule has 0 spiro atoms. The lowest BCUT2D eigenvalue weighted by Gasteiger charge is -2.32. The second-order valence-electron chi connectivity index (χ2n) is 7.29. The number of anilines is 1. The van der Waals surface area contributed by atoms with E-state index in [1.165, 1.54) is 43.2 Å². The number of fused-ring (bicyclic) bond motifs is 6. The molecule has 2 heteroatoms. The molecule has 2 aromatic rings. The Balaban J connectivity index is 1.45. The molecule has 2 bridgehead atoms. The Labute approximate surface area is 126 Å². The van der Waals surface area contributed by atoms with Crippen molar-refractivity contribution >= 4 is 16.6 Å². The summed E-state index contributed by atoms with van der Waals surface area (Å²) in [5.41, 5.74) is 2.37. The first-order valence-electron chi connectivity index (χ1n) is 8.50. The SMILES string of the molecule is c1cnc2c(NC3CC4CC3C3CCCC43)cccc2c1. The fourth-order valence-corrected chi connectivity index (χ4v) is 5.65. The summed E-state index contributed by atoms with van der Waals surface area (Å²) in [6.45, 7) is 0. The van der Waals surface area contributed by atoms with E-state index in [0.717, 1.165) is 29.2 Å². The van der Waals surface area contributed by atoms with Crippen molar-refractivity contribution in [1.29, 1.82) is 0 Å². The molecule has 0 radical (unpaired) electrons. The van der Waals surface area contributed by atoms with E-state index in [4.69, 9.17) is 0 Å². The quantitative estimate of drug-likeness (QED) is 0.876. The Morgan fingerprint density at radius 1 is 0.952 bits per heavy atom. The molecular weight excluding hydrogens is 256 g/mol. The summed E-state index contributed by atoms with van der Waals surface area (Å²) in [4.78, 5) is 4.59. The molecule has 0 aliphatic heterocycles. The molecule has 1 aromatic heterocycles. The maximum atomic E-state index is 4.59. The number of hydrogen-bond acceptors (Lipinski definition) is 2. The van der Waals surface area contributed by atoms with E-state index in [1.807, 2.05) is 12.3 Å². The van der Waals surface area contributed by atoms with E-state index in [0.29, 0.717) is 6.04 Å². The van der Waals surface area contributed by atoms with Crippen LogP contribution >= 0.6 is 0 Å². The van der Waals surface area contributed by atoms with Crippen LogP contribution in [0.5, 0.6) is 0 Å². The van der Waals surface area contributed by atoms with Crippen molar-refractivity contribution in [3.05, 3.63) is 36.5 Å². The highest BCUT2D eigenvalue weighted by atomic mass is 15.0. The predicted molar refractivity (Wildman–Crippen MR) is 86.2 cm³/mol. The van der Waals surface area contributed by atoms with E-state index in [2.05, 4.69) is 34.6 Å². The van der Waals surface area contributed by atoms with Crippen LogP contribution in [0, 0.1) is 23.7 Å². The first-order valence-corrected chi connectivity index (χ1v) is 8.50. The summed E-state index contributed by atoms with van der Waals surface area (Å²) in [5.74, 6) is 4.01. The summed E-state index contributed by atoms with van der Waals surface area (Å²) in [6, 6.07) is 11.4. The minimum absolute atomic E-state index is 0.682. The van der Waals surface area contributed by atoms with Gasteiger partial charge in [0, 0.05) is 17.6 Å². The maximum Gasteiger partial charge on any atom is 0.0933 e. The van der Waals surface area contributed by atoms with Gasteiger partial charge in [0.15, 0.2) is 0 Å². The van der Waals surface area contributed by atoms with Crippen molar-refractivity contribution in [3.8, 4) is 0 Å². The molecule has 0 saturated heterocycles. The molecular formula is C19H22N2. The first kappa shape index (κ1) is 12.0. The topological polar surface area (TPSA) is 24.9 Å². The van der Waals surface area contributed by atoms with Crippen LogP contribution in [0.3, 0.4) is 0 Å². The fourth-order valence-electron chi connectivity index (χ4n) is 5.65. The van der Waals surface area contributed by atoms with Gasteiger partial charge < -0.3 is 5.32 Å². The zero-order valence-corrected chi connectivity index (χ0v) is 12.3. The third-order valence-electron chi connectivity index (χ3n) is 6.40. The van der Waals surface area contributed by atoms with Gasteiger partial charge in [0.2, 0.25) is 0 Å². The third kappa shape index (κ3) is 1.74. The highest BCUT2D eigenvalue weighted by molar-refractivity contribution is 5.90. The lowest BCUT2D eigenvalue weighted by Crippen LogP contribution is -2.33. The van der Waals surface area contributed by atoms with Gasteiger partial charge in [0.05, 0.1) is 11.2 Å². The van der Waals surface area contributed by atoms with Crippen LogP contribution in [0.25, 0.3) is 10.9 Å². The summed E-state index contributed by atoms with van der Waals surface area (Å²) in [6.07, 6.45) is 9.23. The average molecular weight is 278 g/mol. The Morgan fingerprint density at radius 2 is 1.86 bits per heavy atom. The van der Waals surface area contributed by atoms with E-state index >= 15 is 0 Å². The minimum Gasteiger partial charge on any atom is -0.380 e. The molecule has 2 nitrogen and oxygen atoms in total. The Bertz CT molecular complexity index is 675. The molecule has 3 saturated carbocycles. The molecule has 5 unspecified atom stereocenters. The van der Waals surface area contributed by atoms with E-state index in [1.54, 1.807) is 0 Å². The van der Waals surface area contributed by atoms with Crippen LogP contribution in [-0.2, 0) is 0 Å². The van der Waals surface area contributed by atoms with Gasteiger partial charge in [0.25, 0.3) is 0 Å². The molecule has 5 rings (SSSR count). The monoisotopic (exact) mass is 278 g/mol. The van der Waals surface area contributed by atoms with E-state index in [9.17, 15) is 0 Å². The lowest BCUT2D eigenvalue weighted by molar-refractivity contribution is 0.243. The van der Waals surface area contributed by atoms with Crippen LogP contribution < -0.4 is 5.32 Å². The number of rotatable bonds is 2. The summed E-state index contributed by atoms with van der Waals surface area (Å²) >= 11 is 0. The highest BCUT2D eigenvalue weighted by Gasteiger charge is 2.53. The van der Waals surface area contributed by atoms with Crippen molar-refractivity contribution in [1.82, 2.24) is 4.98 Å². The number of nitrogens with zero attached hydrogens (tertiary/aromatic N) is 1. The number of nitrogens with one attached hydrogen (secondary N) is 1. The number of para-hydroxylation sites is 1. The molecule has 1 aromatic carbocycles. The van der Waals surface area contributed by atoms with Crippen molar-refractivity contribution in [3.63, 3.8) is 0 Å². The van der Waals surface area contributed by atoms with Gasteiger partial charge in [-0.05, 0) is 61.5 Å². The standard InChI is InChI=1S/C19H22N2/c1-4-12-5-3-9-20-19(12)17(8-1)21-18-11-13-10-16(18)15-7-2-6-14(13)15/h1,3-5,8-9,13-16,18,21H,2,6-7,10-11H2. The second-order valence-corrected chi connectivity index (χ2v) is 7.29. The van der Waals surface area contributed by atoms with E-state index < -0.39 is 0 Å². The Hall–Kier alpha value is -1.57. The minimum atomic E-state index is 0.682. The molecule has 3 aliphatic carbocycles. The molecule has 1 heterocycles. The Morgan fingerprint density at radius 3 is 2.86 bits per heavy atom. The third-order valence-corrected chi connectivity index (χ3v) is 6.40. The van der Waals surface area contributed by atoms with Crippen molar-refractivity contribution in [2.24, 2.45) is 23.7 Å². The van der Waals surface area contributed by atoms with Gasteiger partial charge in [-0.25, -0.2) is 0 Å². The fraction of sp³-hybridized carbons (Fsp3) is 0.526. The zero-order valence-electron chi connectivity index (χ0n) is 12.3. The number of hydrogen-bond donors (Lipinski definition) is 1. The molecule has 1 N–H and O–H groups in total. The number of benzene rings is 1. The normalized spacial score (nSPS) is 37.0. The van der Waals surface area contributed by atoms with Crippen LogP contribution in [0.1, 0.15) is 32.1 Å². The predicted octanol–water partition coefficient (Wildman–Crippen LogP) is 4.47. The van der Waals surface area contributed by atoms with Gasteiger partial charge in [0.1, 0.15) is 0 Å². The molecule has 0 amide bonds. The van der Waals surface area contributed by atoms with E-state index in [-0.39, 0.29) is 0 Å². The van der Waals surface area contributed by atoms with Crippen LogP contribution in [-0.4, -0.2) is 11.0 Å². The Kier molecular flexibility index (Phi) is 2.55. The maximum absolute atomic E-state index is 4.59. The van der Waals surface area contributed by atoms with Crippen molar-refractivity contribution in [2.75, 3.05) is 5.32 Å². The van der Waals surface area contributed by atoms with Gasteiger partial charge >= 0.3 is 0 Å². The van der Waals surface area contributed by atoms with Gasteiger partial charge in [-0.15, -0.1) is 0 Å². The molecule has 3 fully saturated rings. The lowest BCUT2D eigenvalue weighted by atomic mass is 9.79. The zero-order chi connectivity index (χ0) is 13.8. The van der Waals surface area contributed by atoms with Crippen LogP contribution in [0.15, 0.2) is 36.5 Å². The van der Waals surface area contributed by atoms with Crippen LogP contribution in [0.2, 0.25) is 0 Å². The molecule has 21 heavy (non-hydrogen) atoms. The first-order chi connectivity index (χ1) is 10.4. The summed E-state index contributed by atoms with van der Waals surface area (Å²) in [5, 5.41) is 5.11. The number of aromatic nitrogens is 1. The van der Waals surface area contributed by atoms with Crippen molar-refractivity contribution < 1.29 is 0 Å². The average Bonchev–Trinajstić information content (AvgIpc) is 3.20. The van der Waals surface area contributed by atoms with Crippen LogP contribution in [0.4, 0.5) is 5.69 Å². The van der Waals surface area contributed by atoms with Gasteiger partial charge in [-0.3, -0.25) is 4.98 Å². The second kappa shape index (κ2) is 4.46. The highest BCUT2D eigenvalue weighted by Crippen LogP contribution is 2.59.